The Balaban J connectivity index is 1.89. The molecule has 11 nitrogen and oxygen atoms in total. The predicted molar refractivity (Wildman–Crippen MR) is 121 cm³/mol. The average Bonchev–Trinajstić information content (AvgIpc) is 2.87. The minimum Gasteiger partial charge on any atom is -0.481 e. The van der Waals surface area contributed by atoms with Crippen molar-refractivity contribution < 1.29 is 34.2 Å². The Bertz CT molecular complexity index is 1120. The van der Waals surface area contributed by atoms with Crippen molar-refractivity contribution >= 4 is 41.0 Å². The third-order valence-corrected chi connectivity index (χ3v) is 5.33. The van der Waals surface area contributed by atoms with Crippen LogP contribution in [0.5, 0.6) is 0 Å². The van der Waals surface area contributed by atoms with Gasteiger partial charge in [-0.2, -0.15) is 0 Å². The molecule has 0 unspecified atom stereocenters. The van der Waals surface area contributed by atoms with Crippen molar-refractivity contribution in [2.45, 2.75) is 31.3 Å². The number of hydrogen-bond donors (Lipinski definition) is 5. The predicted octanol–water partition coefficient (Wildman–Crippen LogP) is 1.23. The summed E-state index contributed by atoms with van der Waals surface area (Å²) >= 11 is 0. The first-order valence-electron chi connectivity index (χ1n) is 10.4. The lowest BCUT2D eigenvalue weighted by atomic mass is 10.0. The fraction of sp³-hybridized carbons (Fsp3) is 0.261. The van der Waals surface area contributed by atoms with Gasteiger partial charge in [0, 0.05) is 12.1 Å². The number of rotatable bonds is 9. The number of aliphatic carboxylic acids is 2. The number of nitrogens with two attached hydrogens (primary N) is 1. The molecule has 2 aromatic rings. The molecule has 0 spiro atoms. The first kappa shape index (κ1) is 24.2. The Labute approximate surface area is 194 Å². The molecule has 0 aliphatic carbocycles. The molecule has 0 saturated carbocycles. The molecule has 3 amide bonds. The summed E-state index contributed by atoms with van der Waals surface area (Å²) in [5.74, 6) is -4.33. The van der Waals surface area contributed by atoms with Crippen molar-refractivity contribution in [1.82, 2.24) is 10.2 Å². The number of carboxylic acids is 2. The molecule has 6 N–H and O–H groups in total. The second kappa shape index (κ2) is 10.5. The van der Waals surface area contributed by atoms with Crippen LogP contribution in [0.2, 0.25) is 0 Å². The van der Waals surface area contributed by atoms with E-state index in [9.17, 15) is 29.1 Å². The Hall–Kier alpha value is -4.41. The highest BCUT2D eigenvalue weighted by atomic mass is 16.4. The van der Waals surface area contributed by atoms with E-state index < -0.39 is 61.1 Å². The van der Waals surface area contributed by atoms with Crippen LogP contribution in [0.15, 0.2) is 48.5 Å². The van der Waals surface area contributed by atoms with Gasteiger partial charge < -0.3 is 31.5 Å². The summed E-state index contributed by atoms with van der Waals surface area (Å²) in [4.78, 5) is 62.6. The minimum absolute atomic E-state index is 0.0594. The van der Waals surface area contributed by atoms with E-state index in [0.717, 1.165) is 4.90 Å². The molecule has 11 heteroatoms. The highest BCUT2D eigenvalue weighted by Crippen LogP contribution is 2.27. The van der Waals surface area contributed by atoms with Crippen molar-refractivity contribution in [1.29, 1.82) is 0 Å². The van der Waals surface area contributed by atoms with Crippen molar-refractivity contribution in [2.24, 2.45) is 0 Å². The van der Waals surface area contributed by atoms with Gasteiger partial charge >= 0.3 is 11.9 Å². The lowest BCUT2D eigenvalue weighted by Crippen LogP contribution is -2.50. The van der Waals surface area contributed by atoms with Crippen LogP contribution in [0.4, 0.5) is 11.4 Å². The maximum Gasteiger partial charge on any atom is 0.305 e. The van der Waals surface area contributed by atoms with E-state index in [2.05, 4.69) is 10.6 Å². The Morgan fingerprint density at radius 1 is 1.06 bits per heavy atom. The molecule has 0 fully saturated rings. The molecule has 1 heterocycles. The van der Waals surface area contributed by atoms with Gasteiger partial charge in [0.05, 0.1) is 23.7 Å². The van der Waals surface area contributed by atoms with E-state index in [1.807, 2.05) is 0 Å². The summed E-state index contributed by atoms with van der Waals surface area (Å²) in [5, 5.41) is 23.5. The number of benzene rings is 2. The molecule has 0 radical (unpaired) electrons. The van der Waals surface area contributed by atoms with Gasteiger partial charge in [-0.3, -0.25) is 24.0 Å². The maximum absolute atomic E-state index is 13.3. The van der Waals surface area contributed by atoms with Crippen molar-refractivity contribution in [3.05, 3.63) is 59.7 Å². The second-order valence-corrected chi connectivity index (χ2v) is 7.80. The first-order chi connectivity index (χ1) is 16.2. The molecule has 0 bridgehead atoms. The fourth-order valence-corrected chi connectivity index (χ4v) is 3.74. The molecule has 3 rings (SSSR count). The zero-order chi connectivity index (χ0) is 24.8. The molecular formula is C23H24N4O7. The maximum atomic E-state index is 13.3. The molecule has 0 saturated heterocycles. The van der Waals surface area contributed by atoms with Crippen LogP contribution in [0, 0.1) is 0 Å². The number of carbonyl (C=O) groups excluding carboxylic acids is 3. The normalized spacial score (nSPS) is 16.1. The molecule has 0 aromatic heterocycles. The third kappa shape index (κ3) is 5.88. The lowest BCUT2D eigenvalue weighted by molar-refractivity contribution is -0.138. The van der Waals surface area contributed by atoms with Gasteiger partial charge in [0.15, 0.2) is 0 Å². The molecule has 178 valence electrons. The number of nitrogens with one attached hydrogen (secondary N) is 2. The third-order valence-electron chi connectivity index (χ3n) is 5.33. The van der Waals surface area contributed by atoms with Crippen LogP contribution in [0.1, 0.15) is 41.2 Å². The van der Waals surface area contributed by atoms with Crippen molar-refractivity contribution in [3.8, 4) is 0 Å². The Morgan fingerprint density at radius 2 is 1.76 bits per heavy atom. The van der Waals surface area contributed by atoms with Crippen LogP contribution >= 0.6 is 0 Å². The Morgan fingerprint density at radius 3 is 2.41 bits per heavy atom. The van der Waals surface area contributed by atoms with E-state index in [4.69, 9.17) is 10.8 Å². The summed E-state index contributed by atoms with van der Waals surface area (Å²) in [6.45, 7) is -0.590. The topological polar surface area (TPSA) is 179 Å². The van der Waals surface area contributed by atoms with Crippen LogP contribution in [0.25, 0.3) is 0 Å². The molecule has 34 heavy (non-hydrogen) atoms. The number of carbonyl (C=O) groups is 5. The molecule has 1 aliphatic rings. The van der Waals surface area contributed by atoms with Gasteiger partial charge in [-0.15, -0.1) is 0 Å². The van der Waals surface area contributed by atoms with Crippen LogP contribution < -0.4 is 16.4 Å². The number of carboxylic acid groups (broad SMARTS) is 2. The quantitative estimate of drug-likeness (QED) is 0.341. The summed E-state index contributed by atoms with van der Waals surface area (Å²) in [5.41, 5.74) is 6.86. The fourth-order valence-electron chi connectivity index (χ4n) is 3.74. The van der Waals surface area contributed by atoms with Gasteiger partial charge in [0.2, 0.25) is 11.8 Å². The zero-order valence-corrected chi connectivity index (χ0v) is 18.1. The van der Waals surface area contributed by atoms with Gasteiger partial charge in [-0.1, -0.05) is 30.3 Å². The smallest absolute Gasteiger partial charge is 0.305 e. The van der Waals surface area contributed by atoms with E-state index in [1.54, 1.807) is 30.3 Å². The number of fused-ring (bicyclic) bond motifs is 1. The van der Waals surface area contributed by atoms with E-state index in [0.29, 0.717) is 5.56 Å². The van der Waals surface area contributed by atoms with Crippen molar-refractivity contribution in [2.75, 3.05) is 17.6 Å². The molecule has 2 aromatic carbocycles. The number of nitrogens with zero attached hydrogens (tertiary/aromatic N) is 1. The summed E-state index contributed by atoms with van der Waals surface area (Å²) < 4.78 is 0. The molecule has 2 atom stereocenters. The first-order valence-corrected chi connectivity index (χ1v) is 10.4. The summed E-state index contributed by atoms with van der Waals surface area (Å²) in [6.07, 6.45) is -1.03. The number of anilines is 2. The van der Waals surface area contributed by atoms with Crippen molar-refractivity contribution in [3.63, 3.8) is 0 Å². The number of hydrogen-bond acceptors (Lipinski definition) is 6. The monoisotopic (exact) mass is 468 g/mol. The standard InChI is InChI=1S/C23H24N4O7/c24-14-6-7-16-15(10-14)23(34)27(18(22(33)26-16)8-9-20(29)30)12-19(28)25-17(11-21(31)32)13-4-2-1-3-5-13/h1-7,10,17-18H,8-9,11-12,24H2,(H,25,28)(H,26,33)(H,29,30)(H,31,32)/t17-,18-/m0/s1. The van der Waals surface area contributed by atoms with Crippen LogP contribution in [0.3, 0.4) is 0 Å². The van der Waals surface area contributed by atoms with Gasteiger partial charge in [0.25, 0.3) is 5.91 Å². The second-order valence-electron chi connectivity index (χ2n) is 7.80. The van der Waals surface area contributed by atoms with Gasteiger partial charge in [-0.05, 0) is 30.2 Å². The highest BCUT2D eigenvalue weighted by Gasteiger charge is 2.37. The minimum atomic E-state index is -1.24. The van der Waals surface area contributed by atoms with Crippen LogP contribution in [-0.2, 0) is 19.2 Å². The van der Waals surface area contributed by atoms with Gasteiger partial charge in [0.1, 0.15) is 12.6 Å². The van der Waals surface area contributed by atoms with E-state index in [1.165, 1.54) is 18.2 Å². The number of amides is 3. The largest absolute Gasteiger partial charge is 0.481 e. The highest BCUT2D eigenvalue weighted by molar-refractivity contribution is 6.11. The average molecular weight is 468 g/mol. The lowest BCUT2D eigenvalue weighted by Gasteiger charge is -2.28. The molecule has 1 aliphatic heterocycles. The van der Waals surface area contributed by atoms with E-state index in [-0.39, 0.29) is 23.4 Å². The number of nitrogen functional groups attached to an aromatic ring is 1. The zero-order valence-electron chi connectivity index (χ0n) is 18.1. The SMILES string of the molecule is Nc1ccc2c(c1)C(=O)N(CC(=O)N[C@@H](CC(=O)O)c1ccccc1)[C@@H](CCC(=O)O)C(=O)N2. The van der Waals surface area contributed by atoms with Gasteiger partial charge in [-0.25, -0.2) is 0 Å². The van der Waals surface area contributed by atoms with Crippen LogP contribution in [-0.4, -0.2) is 57.4 Å². The summed E-state index contributed by atoms with van der Waals surface area (Å²) in [6, 6.07) is 10.7. The molecular weight excluding hydrogens is 444 g/mol. The summed E-state index contributed by atoms with van der Waals surface area (Å²) in [7, 11) is 0. The Kier molecular flexibility index (Phi) is 7.46. The van der Waals surface area contributed by atoms with E-state index >= 15 is 0 Å².